The number of rotatable bonds is 2. The molecule has 0 atom stereocenters. The molecule has 1 spiro atoms. The first kappa shape index (κ1) is 19.6. The fourth-order valence-corrected chi connectivity index (χ4v) is 5.95. The molecule has 0 radical (unpaired) electrons. The van der Waals surface area contributed by atoms with Crippen LogP contribution in [0.25, 0.3) is 28.3 Å². The zero-order chi connectivity index (χ0) is 22.9. The molecule has 2 saturated heterocycles. The third-order valence-corrected chi connectivity index (χ3v) is 7.81. The molecular weight excluding hydrogens is 420 g/mol. The number of nitriles is 1. The van der Waals surface area contributed by atoms with Gasteiger partial charge in [-0.3, -0.25) is 4.57 Å². The average Bonchev–Trinajstić information content (AvgIpc) is 3.56. The first-order valence-corrected chi connectivity index (χ1v) is 12.0. The average molecular weight is 447 g/mol. The van der Waals surface area contributed by atoms with Gasteiger partial charge in [-0.2, -0.15) is 5.26 Å². The maximum absolute atomic E-state index is 9.14. The number of aryl methyl sites for hydroxylation is 1. The molecule has 34 heavy (non-hydrogen) atoms. The molecule has 0 saturated carbocycles. The third-order valence-electron chi connectivity index (χ3n) is 7.81. The van der Waals surface area contributed by atoms with Crippen molar-refractivity contribution in [2.45, 2.75) is 19.9 Å². The van der Waals surface area contributed by atoms with Gasteiger partial charge in [0.05, 0.1) is 23.0 Å². The van der Waals surface area contributed by atoms with Crippen molar-refractivity contribution in [2.75, 3.05) is 31.1 Å². The Morgan fingerprint density at radius 2 is 1.91 bits per heavy atom. The summed E-state index contributed by atoms with van der Waals surface area (Å²) in [5.41, 5.74) is 9.51. The fourth-order valence-electron chi connectivity index (χ4n) is 5.95. The van der Waals surface area contributed by atoms with E-state index in [4.69, 9.17) is 10.2 Å². The highest BCUT2D eigenvalue weighted by Gasteiger charge is 2.45. The molecule has 168 valence electrons. The SMILES string of the molecule is Cc1cnc2n1-c1ccc(N3CC4(CCNC4)C3)cc1Cn1cc(-c3ccc(C#N)cc3)cc1-2. The van der Waals surface area contributed by atoms with Crippen LogP contribution in [0, 0.1) is 23.7 Å². The van der Waals surface area contributed by atoms with E-state index in [1.807, 2.05) is 30.5 Å². The molecule has 3 aliphatic rings. The molecule has 2 aromatic heterocycles. The summed E-state index contributed by atoms with van der Waals surface area (Å²) in [5, 5.41) is 12.7. The summed E-state index contributed by atoms with van der Waals surface area (Å²) >= 11 is 0. The highest BCUT2D eigenvalue weighted by Crippen LogP contribution is 2.41. The number of anilines is 1. The van der Waals surface area contributed by atoms with Gasteiger partial charge in [-0.15, -0.1) is 0 Å². The summed E-state index contributed by atoms with van der Waals surface area (Å²) in [6.07, 6.45) is 5.47. The first-order chi connectivity index (χ1) is 16.6. The molecular formula is C28H26N6. The van der Waals surface area contributed by atoms with Crippen molar-refractivity contribution in [3.05, 3.63) is 77.7 Å². The van der Waals surface area contributed by atoms with E-state index in [1.54, 1.807) is 0 Å². The van der Waals surface area contributed by atoms with E-state index in [0.717, 1.165) is 61.1 Å². The Labute approximate surface area is 199 Å². The number of benzene rings is 2. The van der Waals surface area contributed by atoms with E-state index in [0.29, 0.717) is 11.0 Å². The van der Waals surface area contributed by atoms with Gasteiger partial charge in [0, 0.05) is 60.9 Å². The zero-order valence-electron chi connectivity index (χ0n) is 19.3. The Morgan fingerprint density at radius 1 is 1.06 bits per heavy atom. The van der Waals surface area contributed by atoms with Crippen molar-refractivity contribution >= 4 is 5.69 Å². The molecule has 0 unspecified atom stereocenters. The van der Waals surface area contributed by atoms with Crippen LogP contribution >= 0.6 is 0 Å². The van der Waals surface area contributed by atoms with Crippen LogP contribution in [0.15, 0.2) is 60.9 Å². The molecule has 6 nitrogen and oxygen atoms in total. The Bertz CT molecular complexity index is 1450. The predicted octanol–water partition coefficient (Wildman–Crippen LogP) is 4.35. The second kappa shape index (κ2) is 7.09. The fraction of sp³-hybridized carbons (Fsp3) is 0.286. The lowest BCUT2D eigenvalue weighted by Crippen LogP contribution is -2.57. The molecule has 0 amide bonds. The normalized spacial score (nSPS) is 17.5. The van der Waals surface area contributed by atoms with Gasteiger partial charge in [0.2, 0.25) is 0 Å². The number of hydrogen-bond donors (Lipinski definition) is 1. The van der Waals surface area contributed by atoms with Gasteiger partial charge >= 0.3 is 0 Å². The van der Waals surface area contributed by atoms with Crippen LogP contribution in [-0.4, -0.2) is 40.3 Å². The second-order valence-electron chi connectivity index (χ2n) is 10.1. The Balaban J connectivity index is 1.29. The summed E-state index contributed by atoms with van der Waals surface area (Å²) in [7, 11) is 0. The topological polar surface area (TPSA) is 61.8 Å². The standard InChI is InChI=1S/C28H26N6/c1-19-13-31-27-26-11-22(21-4-2-20(12-29)3-5-21)14-32(26)15-23-10-24(6-7-25(23)34(19)27)33-17-28(18-33)8-9-30-16-28/h2-7,10-11,13-14,30H,8-9,15-18H2,1H3. The van der Waals surface area contributed by atoms with Crippen LogP contribution < -0.4 is 10.2 Å². The molecule has 4 aromatic rings. The molecule has 2 aromatic carbocycles. The van der Waals surface area contributed by atoms with Crippen LogP contribution in [0.5, 0.6) is 0 Å². The van der Waals surface area contributed by atoms with Crippen LogP contribution in [-0.2, 0) is 6.54 Å². The summed E-state index contributed by atoms with van der Waals surface area (Å²) in [6, 6.07) is 19.2. The summed E-state index contributed by atoms with van der Waals surface area (Å²) in [4.78, 5) is 7.33. The Kier molecular flexibility index (Phi) is 4.09. The minimum atomic E-state index is 0.477. The van der Waals surface area contributed by atoms with E-state index >= 15 is 0 Å². The highest BCUT2D eigenvalue weighted by atomic mass is 15.2. The Hall–Kier alpha value is -3.82. The first-order valence-electron chi connectivity index (χ1n) is 12.0. The van der Waals surface area contributed by atoms with Gasteiger partial charge in [-0.05, 0) is 67.4 Å². The maximum atomic E-state index is 9.14. The lowest BCUT2D eigenvalue weighted by atomic mass is 9.79. The lowest BCUT2D eigenvalue weighted by Gasteiger charge is -2.49. The van der Waals surface area contributed by atoms with E-state index in [9.17, 15) is 0 Å². The number of nitrogens with one attached hydrogen (secondary N) is 1. The molecule has 2 fully saturated rings. The van der Waals surface area contributed by atoms with Gasteiger partial charge < -0.3 is 14.8 Å². The zero-order valence-corrected chi connectivity index (χ0v) is 19.3. The van der Waals surface area contributed by atoms with Crippen molar-refractivity contribution in [2.24, 2.45) is 5.41 Å². The molecule has 3 aliphatic heterocycles. The van der Waals surface area contributed by atoms with Gasteiger partial charge in [0.1, 0.15) is 0 Å². The number of nitrogens with zero attached hydrogens (tertiary/aromatic N) is 5. The van der Waals surface area contributed by atoms with Crippen molar-refractivity contribution in [1.82, 2.24) is 19.4 Å². The summed E-state index contributed by atoms with van der Waals surface area (Å²) in [6.45, 7) is 7.52. The minimum Gasteiger partial charge on any atom is -0.370 e. The molecule has 0 aliphatic carbocycles. The van der Waals surface area contributed by atoms with Crippen molar-refractivity contribution in [3.8, 4) is 34.4 Å². The minimum absolute atomic E-state index is 0.477. The quantitative estimate of drug-likeness (QED) is 0.438. The smallest absolute Gasteiger partial charge is 0.161 e. The lowest BCUT2D eigenvalue weighted by molar-refractivity contribution is 0.243. The van der Waals surface area contributed by atoms with Crippen LogP contribution in [0.4, 0.5) is 5.69 Å². The van der Waals surface area contributed by atoms with Gasteiger partial charge in [0.15, 0.2) is 5.82 Å². The molecule has 5 heterocycles. The van der Waals surface area contributed by atoms with Crippen LogP contribution in [0.3, 0.4) is 0 Å². The van der Waals surface area contributed by atoms with Gasteiger partial charge in [-0.25, -0.2) is 4.98 Å². The number of hydrogen-bond acceptors (Lipinski definition) is 4. The second-order valence-corrected chi connectivity index (χ2v) is 10.1. The number of imidazole rings is 1. The molecule has 0 bridgehead atoms. The molecule has 1 N–H and O–H groups in total. The van der Waals surface area contributed by atoms with Crippen LogP contribution in [0.1, 0.15) is 23.2 Å². The molecule has 7 rings (SSSR count). The largest absolute Gasteiger partial charge is 0.370 e. The van der Waals surface area contributed by atoms with E-state index in [1.165, 1.54) is 23.4 Å². The number of aromatic nitrogens is 3. The third kappa shape index (κ3) is 2.87. The van der Waals surface area contributed by atoms with Crippen molar-refractivity contribution in [1.29, 1.82) is 5.26 Å². The van der Waals surface area contributed by atoms with Gasteiger partial charge in [0.25, 0.3) is 0 Å². The maximum Gasteiger partial charge on any atom is 0.161 e. The predicted molar refractivity (Wildman–Crippen MR) is 133 cm³/mol. The van der Waals surface area contributed by atoms with Crippen molar-refractivity contribution < 1.29 is 0 Å². The summed E-state index contributed by atoms with van der Waals surface area (Å²) < 4.78 is 4.61. The van der Waals surface area contributed by atoms with Gasteiger partial charge in [-0.1, -0.05) is 12.1 Å². The van der Waals surface area contributed by atoms with E-state index < -0.39 is 0 Å². The Morgan fingerprint density at radius 3 is 2.68 bits per heavy atom. The van der Waals surface area contributed by atoms with Crippen LogP contribution in [0.2, 0.25) is 0 Å². The number of fused-ring (bicyclic) bond motifs is 5. The molecule has 6 heteroatoms. The van der Waals surface area contributed by atoms with E-state index in [2.05, 4.69) is 62.8 Å². The monoisotopic (exact) mass is 446 g/mol. The van der Waals surface area contributed by atoms with E-state index in [-0.39, 0.29) is 0 Å². The summed E-state index contributed by atoms with van der Waals surface area (Å²) in [5.74, 6) is 0.976. The van der Waals surface area contributed by atoms with Crippen molar-refractivity contribution in [3.63, 3.8) is 0 Å². The highest BCUT2D eigenvalue weighted by molar-refractivity contribution is 5.73.